The first-order valence-electron chi connectivity index (χ1n) is 5.76. The number of hydrogen-bond donors (Lipinski definition) is 1. The summed E-state index contributed by atoms with van der Waals surface area (Å²) in [5, 5.41) is 8.61. The minimum atomic E-state index is 0.113. The van der Waals surface area contributed by atoms with Gasteiger partial charge in [0.05, 0.1) is 26.4 Å². The Hall–Kier alpha value is -1.34. The van der Waals surface area contributed by atoms with Crippen molar-refractivity contribution in [3.8, 4) is 11.8 Å². The Balaban J connectivity index is 1.82. The fourth-order valence-electron chi connectivity index (χ4n) is 1.43. The summed E-state index contributed by atoms with van der Waals surface area (Å²) >= 11 is 0. The van der Waals surface area contributed by atoms with Crippen LogP contribution in [0.1, 0.15) is 17.5 Å². The number of ether oxygens (including phenoxy) is 2. The first-order chi connectivity index (χ1) is 8.38. The normalized spacial score (nSPS) is 14.9. The molecule has 90 valence electrons. The lowest BCUT2D eigenvalue weighted by molar-refractivity contribution is -0.135. The summed E-state index contributed by atoms with van der Waals surface area (Å²) in [4.78, 5) is 0. The van der Waals surface area contributed by atoms with Crippen LogP contribution in [-0.2, 0) is 16.1 Å². The molecule has 1 aromatic rings. The number of benzene rings is 1. The van der Waals surface area contributed by atoms with Gasteiger partial charge in [-0.3, -0.25) is 0 Å². The van der Waals surface area contributed by atoms with Crippen molar-refractivity contribution in [2.75, 3.05) is 19.8 Å². The van der Waals surface area contributed by atoms with Crippen molar-refractivity contribution in [1.82, 2.24) is 0 Å². The van der Waals surface area contributed by atoms with Crippen LogP contribution in [-0.4, -0.2) is 31.0 Å². The molecule has 1 fully saturated rings. The molecule has 1 heterocycles. The van der Waals surface area contributed by atoms with Gasteiger partial charge < -0.3 is 14.6 Å². The predicted molar refractivity (Wildman–Crippen MR) is 64.4 cm³/mol. The molecule has 0 bridgehead atoms. The van der Waals surface area contributed by atoms with Gasteiger partial charge in [-0.25, -0.2) is 0 Å². The van der Waals surface area contributed by atoms with E-state index in [1.54, 1.807) is 0 Å². The van der Waals surface area contributed by atoms with Gasteiger partial charge in [-0.1, -0.05) is 24.0 Å². The second-order valence-electron chi connectivity index (χ2n) is 3.94. The summed E-state index contributed by atoms with van der Waals surface area (Å²) < 4.78 is 10.6. The van der Waals surface area contributed by atoms with Gasteiger partial charge in [0.1, 0.15) is 6.10 Å². The minimum Gasteiger partial charge on any atom is -0.395 e. The monoisotopic (exact) mass is 232 g/mol. The molecule has 1 N–H and O–H groups in total. The Bertz CT molecular complexity index is 396. The van der Waals surface area contributed by atoms with E-state index in [0.717, 1.165) is 11.1 Å². The van der Waals surface area contributed by atoms with E-state index < -0.39 is 0 Å². The van der Waals surface area contributed by atoms with Crippen LogP contribution in [0.3, 0.4) is 0 Å². The molecule has 3 heteroatoms. The van der Waals surface area contributed by atoms with Gasteiger partial charge in [-0.15, -0.1) is 0 Å². The van der Waals surface area contributed by atoms with Gasteiger partial charge in [0, 0.05) is 12.0 Å². The first-order valence-corrected chi connectivity index (χ1v) is 5.76. The summed E-state index contributed by atoms with van der Waals surface area (Å²) in [6, 6.07) is 7.98. The Labute approximate surface area is 101 Å². The maximum absolute atomic E-state index is 8.61. The van der Waals surface area contributed by atoms with Crippen LogP contribution in [0.2, 0.25) is 0 Å². The zero-order valence-electron chi connectivity index (χ0n) is 9.69. The van der Waals surface area contributed by atoms with Gasteiger partial charge in [-0.05, 0) is 17.7 Å². The van der Waals surface area contributed by atoms with Crippen molar-refractivity contribution in [3.63, 3.8) is 0 Å². The van der Waals surface area contributed by atoms with Crippen LogP contribution in [0, 0.1) is 11.8 Å². The molecule has 0 aliphatic carbocycles. The highest BCUT2D eigenvalue weighted by molar-refractivity contribution is 5.35. The average molecular weight is 232 g/mol. The third-order valence-electron chi connectivity index (χ3n) is 2.52. The molecular formula is C14H16O3. The summed E-state index contributed by atoms with van der Waals surface area (Å²) in [7, 11) is 0. The van der Waals surface area contributed by atoms with E-state index in [4.69, 9.17) is 14.6 Å². The van der Waals surface area contributed by atoms with Crippen molar-refractivity contribution in [1.29, 1.82) is 0 Å². The molecule has 3 nitrogen and oxygen atoms in total. The largest absolute Gasteiger partial charge is 0.395 e. The standard InChI is InChI=1S/C14H16O3/c15-8-2-1-3-12-4-6-13(7-5-12)9-17-14-10-16-11-14/h4-7,14-15H,2,8-11H2. The van der Waals surface area contributed by atoms with E-state index in [1.807, 2.05) is 24.3 Å². The second kappa shape index (κ2) is 6.41. The molecule has 1 aromatic carbocycles. The van der Waals surface area contributed by atoms with E-state index in [9.17, 15) is 0 Å². The van der Waals surface area contributed by atoms with Crippen molar-refractivity contribution in [2.45, 2.75) is 19.1 Å². The van der Waals surface area contributed by atoms with Crippen molar-refractivity contribution in [3.05, 3.63) is 35.4 Å². The maximum Gasteiger partial charge on any atom is 0.105 e. The van der Waals surface area contributed by atoms with E-state index in [-0.39, 0.29) is 12.7 Å². The summed E-state index contributed by atoms with van der Waals surface area (Å²) in [5.74, 6) is 5.88. The van der Waals surface area contributed by atoms with Crippen molar-refractivity contribution in [2.24, 2.45) is 0 Å². The van der Waals surface area contributed by atoms with E-state index in [1.165, 1.54) is 0 Å². The summed E-state index contributed by atoms with van der Waals surface area (Å²) in [5.41, 5.74) is 2.11. The minimum absolute atomic E-state index is 0.113. The van der Waals surface area contributed by atoms with Gasteiger partial charge in [0.25, 0.3) is 0 Å². The molecule has 0 aromatic heterocycles. The SMILES string of the molecule is OCCC#Cc1ccc(COC2COC2)cc1. The van der Waals surface area contributed by atoms with E-state index >= 15 is 0 Å². The number of hydrogen-bond acceptors (Lipinski definition) is 3. The lowest BCUT2D eigenvalue weighted by Gasteiger charge is -2.25. The maximum atomic E-state index is 8.61. The Morgan fingerprint density at radius 3 is 2.65 bits per heavy atom. The molecule has 0 amide bonds. The van der Waals surface area contributed by atoms with Gasteiger partial charge in [-0.2, -0.15) is 0 Å². The van der Waals surface area contributed by atoms with Gasteiger partial charge >= 0.3 is 0 Å². The first kappa shape index (κ1) is 12.1. The third-order valence-corrected chi connectivity index (χ3v) is 2.52. The van der Waals surface area contributed by atoms with Crippen LogP contribution < -0.4 is 0 Å². The lowest BCUT2D eigenvalue weighted by Crippen LogP contribution is -2.35. The topological polar surface area (TPSA) is 38.7 Å². The molecule has 0 radical (unpaired) electrons. The van der Waals surface area contributed by atoms with Crippen molar-refractivity contribution >= 4 is 0 Å². The molecule has 1 aliphatic heterocycles. The van der Waals surface area contributed by atoms with Gasteiger partial charge in [0.15, 0.2) is 0 Å². The second-order valence-corrected chi connectivity index (χ2v) is 3.94. The molecule has 17 heavy (non-hydrogen) atoms. The van der Waals surface area contributed by atoms with Crippen LogP contribution in [0.25, 0.3) is 0 Å². The Morgan fingerprint density at radius 2 is 2.06 bits per heavy atom. The van der Waals surface area contributed by atoms with Crippen LogP contribution >= 0.6 is 0 Å². The zero-order chi connectivity index (χ0) is 11.9. The highest BCUT2D eigenvalue weighted by Crippen LogP contribution is 2.10. The smallest absolute Gasteiger partial charge is 0.105 e. The number of rotatable bonds is 4. The van der Waals surface area contributed by atoms with E-state index in [0.29, 0.717) is 26.2 Å². The summed E-state index contributed by atoms with van der Waals surface area (Å²) in [6.45, 7) is 2.16. The molecule has 1 saturated heterocycles. The molecule has 0 saturated carbocycles. The average Bonchev–Trinajstić information content (AvgIpc) is 2.29. The summed E-state index contributed by atoms with van der Waals surface area (Å²) in [6.07, 6.45) is 0.783. The van der Waals surface area contributed by atoms with Crippen LogP contribution in [0.4, 0.5) is 0 Å². The molecular weight excluding hydrogens is 216 g/mol. The molecule has 1 aliphatic rings. The van der Waals surface area contributed by atoms with Crippen LogP contribution in [0.5, 0.6) is 0 Å². The third kappa shape index (κ3) is 3.86. The van der Waals surface area contributed by atoms with Gasteiger partial charge in [0.2, 0.25) is 0 Å². The molecule has 0 spiro atoms. The lowest BCUT2D eigenvalue weighted by atomic mass is 10.1. The fraction of sp³-hybridized carbons (Fsp3) is 0.429. The fourth-order valence-corrected chi connectivity index (χ4v) is 1.43. The predicted octanol–water partition coefficient (Wildman–Crippen LogP) is 1.34. The molecule has 2 rings (SSSR count). The zero-order valence-corrected chi connectivity index (χ0v) is 9.69. The number of aliphatic hydroxyl groups excluding tert-OH is 1. The Morgan fingerprint density at radius 1 is 1.29 bits per heavy atom. The van der Waals surface area contributed by atoms with Crippen LogP contribution in [0.15, 0.2) is 24.3 Å². The highest BCUT2D eigenvalue weighted by Gasteiger charge is 2.18. The molecule has 0 unspecified atom stereocenters. The highest BCUT2D eigenvalue weighted by atomic mass is 16.6. The van der Waals surface area contributed by atoms with Crippen molar-refractivity contribution < 1.29 is 14.6 Å². The number of aliphatic hydroxyl groups is 1. The van der Waals surface area contributed by atoms with E-state index in [2.05, 4.69) is 11.8 Å². The quantitative estimate of drug-likeness (QED) is 0.796. The molecule has 0 atom stereocenters. The Kier molecular flexibility index (Phi) is 4.57.